The van der Waals surface area contributed by atoms with Gasteiger partial charge in [0.05, 0.1) is 0 Å². The third kappa shape index (κ3) is 5.68. The van der Waals surface area contributed by atoms with Gasteiger partial charge in [0.1, 0.15) is 0 Å². The summed E-state index contributed by atoms with van der Waals surface area (Å²) in [5, 5.41) is 0. The lowest BCUT2D eigenvalue weighted by atomic mass is 10.2. The molecule has 0 aliphatic rings. The summed E-state index contributed by atoms with van der Waals surface area (Å²) >= 11 is 5.70. The minimum Gasteiger partial charge on any atom is -0.417 e. The van der Waals surface area contributed by atoms with Crippen LogP contribution >= 0.6 is 11.6 Å². The number of alkyl halides is 1. The van der Waals surface area contributed by atoms with Gasteiger partial charge in [-0.05, 0) is 37.5 Å². The van der Waals surface area contributed by atoms with Crippen LogP contribution in [0.1, 0.15) is 12.0 Å². The molecule has 0 atom stereocenters. The molecule has 0 N–H and O–H groups in total. The number of hydrogen-bond donors (Lipinski definition) is 0. The summed E-state index contributed by atoms with van der Waals surface area (Å²) in [6, 6.07) is 11.7. The molecule has 16 heavy (non-hydrogen) atoms. The third-order valence-corrected chi connectivity index (χ3v) is 5.45. The van der Waals surface area contributed by atoms with Crippen molar-refractivity contribution < 1.29 is 4.43 Å². The second-order valence-electron chi connectivity index (χ2n) is 4.64. The number of hydrogen-bond acceptors (Lipinski definition) is 1. The molecule has 1 aromatic carbocycles. The van der Waals surface area contributed by atoms with Crippen LogP contribution in [0.25, 0.3) is 0 Å². The minimum absolute atomic E-state index is 0.748. The maximum atomic E-state index is 6.02. The van der Waals surface area contributed by atoms with Gasteiger partial charge in [-0.25, -0.2) is 0 Å². The molecule has 1 aromatic rings. The Balaban J connectivity index is 2.24. The topological polar surface area (TPSA) is 9.23 Å². The van der Waals surface area contributed by atoms with E-state index in [0.717, 1.165) is 31.4 Å². The Labute approximate surface area is 105 Å². The lowest BCUT2D eigenvalue weighted by Gasteiger charge is -2.22. The van der Waals surface area contributed by atoms with Crippen LogP contribution in [0.3, 0.4) is 0 Å². The fraction of sp³-hybridized carbons (Fsp3) is 0.538. The molecule has 0 fully saturated rings. The Morgan fingerprint density at radius 1 is 1.19 bits per heavy atom. The van der Waals surface area contributed by atoms with Gasteiger partial charge in [-0.3, -0.25) is 0 Å². The zero-order valence-electron chi connectivity index (χ0n) is 10.2. The van der Waals surface area contributed by atoms with Gasteiger partial charge in [-0.2, -0.15) is 0 Å². The lowest BCUT2D eigenvalue weighted by Crippen LogP contribution is -2.31. The molecule has 0 saturated heterocycles. The average Bonchev–Trinajstić information content (AvgIpc) is 2.28. The molecular formula is C13H21ClOSi. The van der Waals surface area contributed by atoms with Crippen molar-refractivity contribution in [1.29, 1.82) is 0 Å². The first-order chi connectivity index (χ1) is 7.64. The van der Waals surface area contributed by atoms with Gasteiger partial charge in [0.15, 0.2) is 8.32 Å². The lowest BCUT2D eigenvalue weighted by molar-refractivity contribution is 0.310. The van der Waals surface area contributed by atoms with Gasteiger partial charge >= 0.3 is 0 Å². The maximum absolute atomic E-state index is 6.02. The summed E-state index contributed by atoms with van der Waals surface area (Å²) in [7, 11) is -1.46. The first-order valence-electron chi connectivity index (χ1n) is 5.88. The van der Waals surface area contributed by atoms with E-state index in [9.17, 15) is 0 Å². The molecule has 0 saturated carbocycles. The van der Waals surface area contributed by atoms with Gasteiger partial charge < -0.3 is 4.43 Å². The SMILES string of the molecule is C[Si](C)(CCCCl)OCCc1ccccc1. The van der Waals surface area contributed by atoms with Crippen LogP contribution in [-0.4, -0.2) is 20.8 Å². The van der Waals surface area contributed by atoms with E-state index >= 15 is 0 Å². The highest BCUT2D eigenvalue weighted by Crippen LogP contribution is 2.14. The molecule has 1 nitrogen and oxygen atoms in total. The molecule has 0 aromatic heterocycles. The molecule has 90 valence electrons. The van der Waals surface area contributed by atoms with Crippen molar-refractivity contribution in [3.63, 3.8) is 0 Å². The summed E-state index contributed by atoms with van der Waals surface area (Å²) in [6.07, 6.45) is 2.09. The normalized spacial score (nSPS) is 11.7. The number of benzene rings is 1. The van der Waals surface area contributed by atoms with E-state index in [4.69, 9.17) is 16.0 Å². The van der Waals surface area contributed by atoms with Crippen LogP contribution in [0.4, 0.5) is 0 Å². The van der Waals surface area contributed by atoms with E-state index in [1.165, 1.54) is 5.56 Å². The van der Waals surface area contributed by atoms with E-state index in [1.807, 2.05) is 6.07 Å². The fourth-order valence-electron chi connectivity index (χ4n) is 1.65. The molecule has 3 heteroatoms. The zero-order chi connectivity index (χ0) is 11.9. The van der Waals surface area contributed by atoms with Crippen molar-refractivity contribution in [1.82, 2.24) is 0 Å². The van der Waals surface area contributed by atoms with Crippen LogP contribution < -0.4 is 0 Å². The summed E-state index contributed by atoms with van der Waals surface area (Å²) in [5.41, 5.74) is 1.35. The van der Waals surface area contributed by atoms with Crippen LogP contribution in [0.15, 0.2) is 30.3 Å². The Bertz CT molecular complexity index is 287. The molecule has 0 spiro atoms. The van der Waals surface area contributed by atoms with Crippen molar-refractivity contribution in [2.75, 3.05) is 12.5 Å². The van der Waals surface area contributed by atoms with Gasteiger partial charge in [0, 0.05) is 12.5 Å². The first-order valence-corrected chi connectivity index (χ1v) is 9.53. The van der Waals surface area contributed by atoms with E-state index in [0.29, 0.717) is 0 Å². The van der Waals surface area contributed by atoms with E-state index in [-0.39, 0.29) is 0 Å². The van der Waals surface area contributed by atoms with Crippen LogP contribution in [0, 0.1) is 0 Å². The quantitative estimate of drug-likeness (QED) is 0.528. The number of halogens is 1. The van der Waals surface area contributed by atoms with Crippen molar-refractivity contribution >= 4 is 19.9 Å². The summed E-state index contributed by atoms with van der Waals surface area (Å²) in [6.45, 7) is 5.38. The molecular weight excluding hydrogens is 236 g/mol. The molecule has 0 amide bonds. The summed E-state index contributed by atoms with van der Waals surface area (Å²) in [4.78, 5) is 0. The highest BCUT2D eigenvalue weighted by atomic mass is 35.5. The van der Waals surface area contributed by atoms with E-state index in [1.54, 1.807) is 0 Å². The monoisotopic (exact) mass is 256 g/mol. The fourth-order valence-corrected chi connectivity index (χ4v) is 3.84. The summed E-state index contributed by atoms with van der Waals surface area (Å²) in [5.74, 6) is 0.748. The molecule has 0 radical (unpaired) electrons. The van der Waals surface area contributed by atoms with E-state index in [2.05, 4.69) is 37.4 Å². The van der Waals surface area contributed by atoms with Gasteiger partial charge in [0.2, 0.25) is 0 Å². The second-order valence-corrected chi connectivity index (χ2v) is 9.32. The van der Waals surface area contributed by atoms with Gasteiger partial charge in [-0.1, -0.05) is 30.3 Å². The van der Waals surface area contributed by atoms with Crippen LogP contribution in [-0.2, 0) is 10.8 Å². The largest absolute Gasteiger partial charge is 0.417 e. The van der Waals surface area contributed by atoms with Crippen LogP contribution in [0.2, 0.25) is 19.1 Å². The molecule has 1 rings (SSSR count). The zero-order valence-corrected chi connectivity index (χ0v) is 12.0. The Morgan fingerprint density at radius 2 is 1.88 bits per heavy atom. The third-order valence-electron chi connectivity index (χ3n) is 2.64. The first kappa shape index (κ1) is 13.8. The Hall–Kier alpha value is -0.313. The smallest absolute Gasteiger partial charge is 0.186 e. The van der Waals surface area contributed by atoms with Crippen molar-refractivity contribution in [3.05, 3.63) is 35.9 Å². The summed E-state index contributed by atoms with van der Waals surface area (Å²) < 4.78 is 6.02. The van der Waals surface area contributed by atoms with Crippen LogP contribution in [0.5, 0.6) is 0 Å². The minimum atomic E-state index is -1.46. The molecule has 0 heterocycles. The maximum Gasteiger partial charge on any atom is 0.186 e. The van der Waals surface area contributed by atoms with Gasteiger partial charge in [0.25, 0.3) is 0 Å². The number of rotatable bonds is 7. The van der Waals surface area contributed by atoms with Crippen molar-refractivity contribution in [2.24, 2.45) is 0 Å². The molecule has 0 unspecified atom stereocenters. The highest BCUT2D eigenvalue weighted by Gasteiger charge is 2.21. The Kier molecular flexibility index (Phi) is 6.10. The van der Waals surface area contributed by atoms with E-state index < -0.39 is 8.32 Å². The molecule has 0 aliphatic carbocycles. The van der Waals surface area contributed by atoms with Crippen molar-refractivity contribution in [3.8, 4) is 0 Å². The van der Waals surface area contributed by atoms with Gasteiger partial charge in [-0.15, -0.1) is 11.6 Å². The Morgan fingerprint density at radius 3 is 2.50 bits per heavy atom. The average molecular weight is 257 g/mol. The second kappa shape index (κ2) is 7.10. The standard InChI is InChI=1S/C13H21ClOSi/c1-16(2,12-6-10-14)15-11-9-13-7-4-3-5-8-13/h3-5,7-8H,6,9-12H2,1-2H3. The van der Waals surface area contributed by atoms with Crippen molar-refractivity contribution in [2.45, 2.75) is 32.0 Å². The molecule has 0 bridgehead atoms. The molecule has 0 aliphatic heterocycles. The highest BCUT2D eigenvalue weighted by molar-refractivity contribution is 6.71. The predicted octanol–water partition coefficient (Wildman–Crippen LogP) is 4.08. The predicted molar refractivity (Wildman–Crippen MR) is 73.7 cm³/mol.